The van der Waals surface area contributed by atoms with Gasteiger partial charge in [0.2, 0.25) is 5.89 Å². The van der Waals surface area contributed by atoms with Crippen LogP contribution in [0.4, 0.5) is 0 Å². The fraction of sp³-hybridized carbons (Fsp3) is 0.364. The van der Waals surface area contributed by atoms with Crippen molar-refractivity contribution in [1.82, 2.24) is 4.98 Å². The maximum Gasteiger partial charge on any atom is 0.228 e. The molecular weight excluding hydrogens is 230 g/mol. The molecule has 2 nitrogen and oxygen atoms in total. The summed E-state index contributed by atoms with van der Waals surface area (Å²) in [6, 6.07) is 2.05. The molecule has 15 heavy (non-hydrogen) atoms. The Balaban J connectivity index is 2.47. The minimum absolute atomic E-state index is 0.110. The fourth-order valence-corrected chi connectivity index (χ4v) is 2.56. The van der Waals surface area contributed by atoms with Crippen molar-refractivity contribution in [2.24, 2.45) is 0 Å². The molecular formula is C11H12ClNOS. The predicted octanol–water partition coefficient (Wildman–Crippen LogP) is 4.35. The molecule has 2 aromatic heterocycles. The van der Waals surface area contributed by atoms with E-state index in [1.54, 1.807) is 23.8 Å². The Hall–Kier alpha value is -0.800. The molecule has 2 aromatic rings. The normalized spacial score (nSPS) is 12.0. The van der Waals surface area contributed by atoms with Crippen LogP contribution in [-0.2, 0) is 5.41 Å². The quantitative estimate of drug-likeness (QED) is 0.742. The standard InChI is InChI=1S/C11H12ClNOS/c1-11(2,3)8-6-7(9(12)15-8)10-13-4-5-14-10/h4-6H,1-3H3. The lowest BCUT2D eigenvalue weighted by molar-refractivity contribution is 0.574. The number of hydrogen-bond donors (Lipinski definition) is 0. The first-order chi connectivity index (χ1) is 6.98. The van der Waals surface area contributed by atoms with Gasteiger partial charge in [-0.15, -0.1) is 11.3 Å². The number of oxazole rings is 1. The molecule has 0 radical (unpaired) electrons. The smallest absolute Gasteiger partial charge is 0.228 e. The van der Waals surface area contributed by atoms with E-state index >= 15 is 0 Å². The number of thiophene rings is 1. The average Bonchev–Trinajstić information content (AvgIpc) is 2.69. The molecule has 0 aliphatic heterocycles. The van der Waals surface area contributed by atoms with Gasteiger partial charge in [0.15, 0.2) is 0 Å². The highest BCUT2D eigenvalue weighted by atomic mass is 35.5. The number of halogens is 1. The molecule has 2 heterocycles. The largest absolute Gasteiger partial charge is 0.444 e. The summed E-state index contributed by atoms with van der Waals surface area (Å²) in [5.41, 5.74) is 0.996. The molecule has 0 aromatic carbocycles. The zero-order valence-corrected chi connectivity index (χ0v) is 10.4. The van der Waals surface area contributed by atoms with E-state index in [9.17, 15) is 0 Å². The van der Waals surface area contributed by atoms with Crippen LogP contribution in [0.5, 0.6) is 0 Å². The van der Waals surface area contributed by atoms with Crippen LogP contribution in [0.25, 0.3) is 11.5 Å². The second-order valence-corrected chi connectivity index (χ2v) is 6.04. The Morgan fingerprint density at radius 1 is 1.40 bits per heavy atom. The number of rotatable bonds is 1. The molecule has 0 amide bonds. The van der Waals surface area contributed by atoms with Crippen LogP contribution < -0.4 is 0 Å². The maximum absolute atomic E-state index is 6.16. The Morgan fingerprint density at radius 2 is 2.13 bits per heavy atom. The number of hydrogen-bond acceptors (Lipinski definition) is 3. The van der Waals surface area contributed by atoms with E-state index in [1.165, 1.54) is 4.88 Å². The zero-order valence-electron chi connectivity index (χ0n) is 8.87. The van der Waals surface area contributed by atoms with E-state index in [0.29, 0.717) is 5.89 Å². The monoisotopic (exact) mass is 241 g/mol. The molecule has 0 N–H and O–H groups in total. The number of aromatic nitrogens is 1. The van der Waals surface area contributed by atoms with Gasteiger partial charge in [-0.2, -0.15) is 0 Å². The lowest BCUT2D eigenvalue weighted by atomic mass is 9.94. The molecule has 0 unspecified atom stereocenters. The second kappa shape index (κ2) is 3.65. The van der Waals surface area contributed by atoms with Crippen LogP contribution in [0.1, 0.15) is 25.6 Å². The highest BCUT2D eigenvalue weighted by molar-refractivity contribution is 7.17. The summed E-state index contributed by atoms with van der Waals surface area (Å²) < 4.78 is 5.98. The van der Waals surface area contributed by atoms with Gasteiger partial charge in [0.05, 0.1) is 11.8 Å². The van der Waals surface area contributed by atoms with Gasteiger partial charge >= 0.3 is 0 Å². The summed E-state index contributed by atoms with van der Waals surface area (Å²) >= 11 is 7.75. The van der Waals surface area contributed by atoms with Crippen molar-refractivity contribution < 1.29 is 4.42 Å². The Bertz CT molecular complexity index is 453. The van der Waals surface area contributed by atoms with Crippen molar-refractivity contribution in [3.8, 4) is 11.5 Å². The Labute approximate surface area is 97.9 Å². The molecule has 0 saturated heterocycles. The molecule has 0 atom stereocenters. The van der Waals surface area contributed by atoms with Gasteiger partial charge in [-0.05, 0) is 11.5 Å². The van der Waals surface area contributed by atoms with E-state index in [0.717, 1.165) is 9.90 Å². The lowest BCUT2D eigenvalue weighted by Crippen LogP contribution is -2.07. The molecule has 80 valence electrons. The molecule has 0 fully saturated rings. The molecule has 0 aliphatic carbocycles. The highest BCUT2D eigenvalue weighted by Gasteiger charge is 2.20. The van der Waals surface area contributed by atoms with Gasteiger partial charge in [0.1, 0.15) is 10.6 Å². The minimum atomic E-state index is 0.110. The lowest BCUT2D eigenvalue weighted by Gasteiger charge is -2.14. The minimum Gasteiger partial charge on any atom is -0.444 e. The van der Waals surface area contributed by atoms with Crippen molar-refractivity contribution >= 4 is 22.9 Å². The van der Waals surface area contributed by atoms with Crippen LogP contribution in [0, 0.1) is 0 Å². The summed E-state index contributed by atoms with van der Waals surface area (Å²) in [4.78, 5) is 5.34. The molecule has 2 rings (SSSR count). The Morgan fingerprint density at radius 3 is 2.60 bits per heavy atom. The SMILES string of the molecule is CC(C)(C)c1cc(-c2ncco2)c(Cl)s1. The van der Waals surface area contributed by atoms with Crippen LogP contribution in [0.15, 0.2) is 22.9 Å². The molecule has 4 heteroatoms. The first-order valence-electron chi connectivity index (χ1n) is 4.68. The van der Waals surface area contributed by atoms with E-state index in [1.807, 2.05) is 0 Å². The number of nitrogens with zero attached hydrogens (tertiary/aromatic N) is 1. The molecule has 0 aliphatic rings. The van der Waals surface area contributed by atoms with Crippen molar-refractivity contribution in [3.05, 3.63) is 27.7 Å². The molecule has 0 bridgehead atoms. The summed E-state index contributed by atoms with van der Waals surface area (Å²) in [6.07, 6.45) is 3.18. The molecule has 0 saturated carbocycles. The highest BCUT2D eigenvalue weighted by Crippen LogP contribution is 2.39. The first-order valence-corrected chi connectivity index (χ1v) is 5.87. The Kier molecular flexibility index (Phi) is 2.61. The van der Waals surface area contributed by atoms with Crippen LogP contribution in [0.3, 0.4) is 0 Å². The van der Waals surface area contributed by atoms with Crippen LogP contribution >= 0.6 is 22.9 Å². The predicted molar refractivity (Wildman–Crippen MR) is 63.5 cm³/mol. The maximum atomic E-state index is 6.16. The van der Waals surface area contributed by atoms with Gasteiger partial charge in [-0.3, -0.25) is 0 Å². The van der Waals surface area contributed by atoms with Gasteiger partial charge in [-0.25, -0.2) is 4.98 Å². The third-order valence-corrected chi connectivity index (χ3v) is 3.87. The van der Waals surface area contributed by atoms with Crippen molar-refractivity contribution in [2.45, 2.75) is 26.2 Å². The van der Waals surface area contributed by atoms with Gasteiger partial charge in [0.25, 0.3) is 0 Å². The molecule has 0 spiro atoms. The average molecular weight is 242 g/mol. The van der Waals surface area contributed by atoms with Crippen molar-refractivity contribution in [2.75, 3.05) is 0 Å². The zero-order chi connectivity index (χ0) is 11.1. The van der Waals surface area contributed by atoms with Gasteiger partial charge < -0.3 is 4.42 Å². The van der Waals surface area contributed by atoms with Gasteiger partial charge in [0, 0.05) is 4.88 Å². The summed E-state index contributed by atoms with van der Waals surface area (Å²) in [7, 11) is 0. The fourth-order valence-electron chi connectivity index (χ4n) is 1.24. The summed E-state index contributed by atoms with van der Waals surface area (Å²) in [6.45, 7) is 6.48. The second-order valence-electron chi connectivity index (χ2n) is 4.39. The van der Waals surface area contributed by atoms with Crippen LogP contribution in [0.2, 0.25) is 4.34 Å². The topological polar surface area (TPSA) is 26.0 Å². The van der Waals surface area contributed by atoms with Crippen LogP contribution in [-0.4, -0.2) is 4.98 Å². The summed E-state index contributed by atoms with van der Waals surface area (Å²) in [5, 5.41) is 0. The van der Waals surface area contributed by atoms with E-state index < -0.39 is 0 Å². The van der Waals surface area contributed by atoms with Crippen molar-refractivity contribution in [3.63, 3.8) is 0 Å². The van der Waals surface area contributed by atoms with E-state index in [-0.39, 0.29) is 5.41 Å². The third kappa shape index (κ3) is 2.08. The summed E-state index contributed by atoms with van der Waals surface area (Å²) in [5.74, 6) is 0.590. The van der Waals surface area contributed by atoms with Crippen molar-refractivity contribution in [1.29, 1.82) is 0 Å². The van der Waals surface area contributed by atoms with E-state index in [4.69, 9.17) is 16.0 Å². The van der Waals surface area contributed by atoms with Gasteiger partial charge in [-0.1, -0.05) is 32.4 Å². The van der Waals surface area contributed by atoms with E-state index in [2.05, 4.69) is 31.8 Å². The third-order valence-electron chi connectivity index (χ3n) is 2.09. The first kappa shape index (κ1) is 10.7.